The largest absolute Gasteiger partial charge is 0.478 e. The normalized spacial score (nSPS) is 20.8. The summed E-state index contributed by atoms with van der Waals surface area (Å²) in [6, 6.07) is 0. The van der Waals surface area contributed by atoms with Crippen LogP contribution in [0.2, 0.25) is 0 Å². The number of carboxylic acids is 1. The summed E-state index contributed by atoms with van der Waals surface area (Å²) in [6.07, 6.45) is 22.0. The Morgan fingerprint density at radius 2 is 1.69 bits per heavy atom. The number of hydrogen-bond donors (Lipinski definition) is 2. The minimum Gasteiger partial charge on any atom is -0.478 e. The van der Waals surface area contributed by atoms with Crippen molar-refractivity contribution in [2.45, 2.75) is 109 Å². The third-order valence-electron chi connectivity index (χ3n) is 4.95. The van der Waals surface area contributed by atoms with Crippen molar-refractivity contribution in [3.8, 4) is 0 Å². The van der Waals surface area contributed by atoms with Crippen LogP contribution in [0.4, 0.5) is 0 Å². The highest BCUT2D eigenvalue weighted by molar-refractivity contribution is 5.80. The first-order chi connectivity index (χ1) is 12.6. The third kappa shape index (κ3) is 12.3. The molecule has 0 aliphatic carbocycles. The zero-order chi connectivity index (χ0) is 19.0. The number of aliphatic hydroxyl groups excluding tert-OH is 1. The lowest BCUT2D eigenvalue weighted by Gasteiger charge is -2.06. The molecule has 3 unspecified atom stereocenters. The summed E-state index contributed by atoms with van der Waals surface area (Å²) in [6.45, 7) is 2.18. The highest BCUT2D eigenvalue weighted by Crippen LogP contribution is 2.32. The smallest absolute Gasteiger partial charge is 0.328 e. The number of unbranched alkanes of at least 4 members (excludes halogenated alkanes) is 9. The standard InChI is InChI=1S/C22H38O4/c1-2-3-13-16-19(23)22-20(26-22)17-14-11-9-7-5-4-6-8-10-12-15-18-21(24)25/h10,12,15,18-20,22-23H,2-9,11,13-14,16-17H2,1H3,(H,24,25). The predicted octanol–water partition coefficient (Wildman–Crippen LogP) is 5.40. The van der Waals surface area contributed by atoms with Gasteiger partial charge in [0.1, 0.15) is 6.10 Å². The van der Waals surface area contributed by atoms with Crippen LogP contribution in [0.15, 0.2) is 24.3 Å². The molecular formula is C22H38O4. The van der Waals surface area contributed by atoms with Gasteiger partial charge in [-0.15, -0.1) is 0 Å². The quantitative estimate of drug-likeness (QED) is 0.156. The zero-order valence-electron chi connectivity index (χ0n) is 16.4. The second-order valence-electron chi connectivity index (χ2n) is 7.38. The van der Waals surface area contributed by atoms with Gasteiger partial charge in [-0.25, -0.2) is 4.79 Å². The average Bonchev–Trinajstić information content (AvgIpc) is 3.38. The van der Waals surface area contributed by atoms with Gasteiger partial charge in [-0.1, -0.05) is 82.9 Å². The van der Waals surface area contributed by atoms with E-state index in [1.807, 2.05) is 12.2 Å². The number of allylic oxidation sites excluding steroid dienone is 3. The molecule has 0 saturated carbocycles. The summed E-state index contributed by atoms with van der Waals surface area (Å²) in [5, 5.41) is 18.5. The maximum absolute atomic E-state index is 10.3. The first-order valence-corrected chi connectivity index (χ1v) is 10.5. The van der Waals surface area contributed by atoms with Crippen molar-refractivity contribution in [2.24, 2.45) is 0 Å². The van der Waals surface area contributed by atoms with E-state index in [0.717, 1.165) is 31.8 Å². The Bertz CT molecular complexity index is 416. The number of carbonyl (C=O) groups is 1. The van der Waals surface area contributed by atoms with Crippen molar-refractivity contribution >= 4 is 5.97 Å². The molecule has 0 aromatic heterocycles. The van der Waals surface area contributed by atoms with Gasteiger partial charge in [0, 0.05) is 6.08 Å². The molecule has 2 N–H and O–H groups in total. The first kappa shape index (κ1) is 22.9. The molecular weight excluding hydrogens is 328 g/mol. The lowest BCUT2D eigenvalue weighted by Crippen LogP contribution is -2.16. The van der Waals surface area contributed by atoms with Gasteiger partial charge < -0.3 is 14.9 Å². The van der Waals surface area contributed by atoms with Gasteiger partial charge >= 0.3 is 5.97 Å². The fraction of sp³-hybridized carbons (Fsp3) is 0.773. The Kier molecular flexibility index (Phi) is 13.2. The Labute approximate surface area is 159 Å². The molecule has 1 aliphatic rings. The van der Waals surface area contributed by atoms with Crippen LogP contribution in [0.3, 0.4) is 0 Å². The van der Waals surface area contributed by atoms with Crippen molar-refractivity contribution in [3.05, 3.63) is 24.3 Å². The maximum Gasteiger partial charge on any atom is 0.328 e. The second-order valence-corrected chi connectivity index (χ2v) is 7.38. The molecule has 4 heteroatoms. The van der Waals surface area contributed by atoms with Gasteiger partial charge in [-0.2, -0.15) is 0 Å². The molecule has 1 fully saturated rings. The van der Waals surface area contributed by atoms with E-state index in [4.69, 9.17) is 9.84 Å². The molecule has 0 amide bonds. The molecule has 3 atom stereocenters. The monoisotopic (exact) mass is 366 g/mol. The number of rotatable bonds is 17. The van der Waals surface area contributed by atoms with Crippen molar-refractivity contribution in [1.29, 1.82) is 0 Å². The molecule has 0 spiro atoms. The van der Waals surface area contributed by atoms with E-state index < -0.39 is 5.97 Å². The van der Waals surface area contributed by atoms with Crippen LogP contribution in [-0.4, -0.2) is 34.5 Å². The molecule has 0 bridgehead atoms. The Morgan fingerprint density at radius 3 is 2.38 bits per heavy atom. The topological polar surface area (TPSA) is 70.1 Å². The number of aliphatic hydroxyl groups is 1. The van der Waals surface area contributed by atoms with E-state index in [1.165, 1.54) is 57.8 Å². The SMILES string of the molecule is CCCCCC(O)C1OC1CCCCCCCCCC=CC=CC(=O)O. The van der Waals surface area contributed by atoms with Crippen LogP contribution < -0.4 is 0 Å². The summed E-state index contributed by atoms with van der Waals surface area (Å²) < 4.78 is 5.63. The van der Waals surface area contributed by atoms with Crippen molar-refractivity contribution < 1.29 is 19.7 Å². The molecule has 0 aromatic carbocycles. The molecule has 1 rings (SSSR count). The lowest BCUT2D eigenvalue weighted by molar-refractivity contribution is -0.131. The zero-order valence-corrected chi connectivity index (χ0v) is 16.4. The van der Waals surface area contributed by atoms with E-state index in [0.29, 0.717) is 6.10 Å². The van der Waals surface area contributed by atoms with Crippen LogP contribution in [0, 0.1) is 0 Å². The fourth-order valence-electron chi connectivity index (χ4n) is 3.30. The van der Waals surface area contributed by atoms with Crippen LogP contribution in [0.1, 0.15) is 90.4 Å². The summed E-state index contributed by atoms with van der Waals surface area (Å²) in [4.78, 5) is 10.3. The highest BCUT2D eigenvalue weighted by atomic mass is 16.6. The fourth-order valence-corrected chi connectivity index (χ4v) is 3.30. The molecule has 150 valence electrons. The molecule has 1 aliphatic heterocycles. The summed E-state index contributed by atoms with van der Waals surface area (Å²) >= 11 is 0. The molecule has 0 aromatic rings. The number of aliphatic carboxylic acids is 1. The van der Waals surface area contributed by atoms with E-state index in [9.17, 15) is 9.90 Å². The average molecular weight is 367 g/mol. The Hall–Kier alpha value is -1.13. The molecule has 1 heterocycles. The maximum atomic E-state index is 10.3. The van der Waals surface area contributed by atoms with Crippen molar-refractivity contribution in [1.82, 2.24) is 0 Å². The van der Waals surface area contributed by atoms with Gasteiger partial charge in [0.05, 0.1) is 12.2 Å². The van der Waals surface area contributed by atoms with Crippen LogP contribution in [0.5, 0.6) is 0 Å². The van der Waals surface area contributed by atoms with E-state index >= 15 is 0 Å². The Balaban J connectivity index is 1.82. The number of ether oxygens (including phenoxy) is 1. The number of carboxylic acid groups (broad SMARTS) is 1. The molecule has 26 heavy (non-hydrogen) atoms. The van der Waals surface area contributed by atoms with Gasteiger partial charge in [-0.05, 0) is 25.7 Å². The summed E-state index contributed by atoms with van der Waals surface area (Å²) in [5.41, 5.74) is 0. The lowest BCUT2D eigenvalue weighted by atomic mass is 10.0. The highest BCUT2D eigenvalue weighted by Gasteiger charge is 2.42. The summed E-state index contributed by atoms with van der Waals surface area (Å²) in [7, 11) is 0. The predicted molar refractivity (Wildman–Crippen MR) is 106 cm³/mol. The van der Waals surface area contributed by atoms with Gasteiger partial charge in [0.25, 0.3) is 0 Å². The Morgan fingerprint density at radius 1 is 1.00 bits per heavy atom. The van der Waals surface area contributed by atoms with Crippen LogP contribution in [-0.2, 0) is 9.53 Å². The first-order valence-electron chi connectivity index (χ1n) is 10.5. The summed E-state index contributed by atoms with van der Waals surface area (Å²) in [5.74, 6) is -0.901. The van der Waals surface area contributed by atoms with Crippen LogP contribution >= 0.6 is 0 Å². The third-order valence-corrected chi connectivity index (χ3v) is 4.95. The van der Waals surface area contributed by atoms with Crippen LogP contribution in [0.25, 0.3) is 0 Å². The molecule has 4 nitrogen and oxygen atoms in total. The van der Waals surface area contributed by atoms with Gasteiger partial charge in [0.2, 0.25) is 0 Å². The van der Waals surface area contributed by atoms with E-state index in [-0.39, 0.29) is 12.2 Å². The van der Waals surface area contributed by atoms with E-state index in [2.05, 4.69) is 6.92 Å². The van der Waals surface area contributed by atoms with Crippen molar-refractivity contribution in [3.63, 3.8) is 0 Å². The van der Waals surface area contributed by atoms with E-state index in [1.54, 1.807) is 6.08 Å². The minimum atomic E-state index is -0.901. The second kappa shape index (κ2) is 15.0. The van der Waals surface area contributed by atoms with Crippen molar-refractivity contribution in [2.75, 3.05) is 0 Å². The van der Waals surface area contributed by atoms with Gasteiger partial charge in [-0.3, -0.25) is 0 Å². The minimum absolute atomic E-state index is 0.116. The number of epoxide rings is 1. The molecule has 0 radical (unpaired) electrons. The van der Waals surface area contributed by atoms with Gasteiger partial charge in [0.15, 0.2) is 0 Å². The molecule has 1 saturated heterocycles. The number of hydrogen-bond acceptors (Lipinski definition) is 3.